The molecule has 1 aliphatic rings. The molecule has 3 rings (SSSR count). The number of para-hydroxylation sites is 1. The van der Waals surface area contributed by atoms with Crippen LogP contribution >= 0.6 is 11.3 Å². The van der Waals surface area contributed by atoms with Crippen LogP contribution in [-0.2, 0) is 0 Å². The standard InChI is InChI=1S/C17H22N2S/c1-12-7-8-17(20-12)13(2)19-11-14(9-10-18)15-5-3-4-6-16(15)19/h3-8,13-14H,9-11,18H2,1-2H3. The van der Waals surface area contributed by atoms with E-state index in [0.717, 1.165) is 19.5 Å². The summed E-state index contributed by atoms with van der Waals surface area (Å²) in [5.74, 6) is 0.583. The van der Waals surface area contributed by atoms with Gasteiger partial charge in [0.25, 0.3) is 0 Å². The van der Waals surface area contributed by atoms with Crippen molar-refractivity contribution in [3.05, 3.63) is 51.7 Å². The Bertz CT molecular complexity index is 590. The summed E-state index contributed by atoms with van der Waals surface area (Å²) in [7, 11) is 0. The minimum atomic E-state index is 0.442. The summed E-state index contributed by atoms with van der Waals surface area (Å²) >= 11 is 1.91. The van der Waals surface area contributed by atoms with E-state index in [0.29, 0.717) is 12.0 Å². The van der Waals surface area contributed by atoms with Crippen molar-refractivity contribution in [2.24, 2.45) is 5.73 Å². The maximum Gasteiger partial charge on any atom is 0.0607 e. The largest absolute Gasteiger partial charge is 0.363 e. The molecule has 0 saturated heterocycles. The lowest BCUT2D eigenvalue weighted by Gasteiger charge is -2.27. The molecule has 0 saturated carbocycles. The van der Waals surface area contributed by atoms with E-state index in [1.165, 1.54) is 21.0 Å². The molecule has 2 nitrogen and oxygen atoms in total. The predicted molar refractivity (Wildman–Crippen MR) is 87.7 cm³/mol. The SMILES string of the molecule is Cc1ccc(C(C)N2CC(CCN)c3ccccc32)s1. The highest BCUT2D eigenvalue weighted by molar-refractivity contribution is 7.12. The van der Waals surface area contributed by atoms with Crippen molar-refractivity contribution in [3.63, 3.8) is 0 Å². The summed E-state index contributed by atoms with van der Waals surface area (Å²) in [4.78, 5) is 5.38. The number of thiophene rings is 1. The van der Waals surface area contributed by atoms with Gasteiger partial charge in [-0.15, -0.1) is 11.3 Å². The topological polar surface area (TPSA) is 29.3 Å². The van der Waals surface area contributed by atoms with Crippen LogP contribution in [0.3, 0.4) is 0 Å². The fourth-order valence-electron chi connectivity index (χ4n) is 3.17. The third-order valence-electron chi connectivity index (χ3n) is 4.26. The van der Waals surface area contributed by atoms with Crippen LogP contribution in [0.15, 0.2) is 36.4 Å². The highest BCUT2D eigenvalue weighted by atomic mass is 32.1. The van der Waals surface area contributed by atoms with E-state index in [4.69, 9.17) is 5.73 Å². The maximum absolute atomic E-state index is 5.79. The van der Waals surface area contributed by atoms with Gasteiger partial charge in [-0.1, -0.05) is 18.2 Å². The van der Waals surface area contributed by atoms with Crippen molar-refractivity contribution in [3.8, 4) is 0 Å². The molecule has 106 valence electrons. The average Bonchev–Trinajstić information content (AvgIpc) is 3.04. The highest BCUT2D eigenvalue weighted by Gasteiger charge is 2.31. The Morgan fingerprint density at radius 1 is 1.30 bits per heavy atom. The number of nitrogens with zero attached hydrogens (tertiary/aromatic N) is 1. The molecule has 2 atom stereocenters. The molecular formula is C17H22N2S. The highest BCUT2D eigenvalue weighted by Crippen LogP contribution is 2.43. The first kappa shape index (κ1) is 13.7. The average molecular weight is 286 g/mol. The van der Waals surface area contributed by atoms with E-state index in [1.807, 2.05) is 11.3 Å². The van der Waals surface area contributed by atoms with Gasteiger partial charge in [-0.05, 0) is 50.6 Å². The Morgan fingerprint density at radius 2 is 2.10 bits per heavy atom. The molecule has 0 aliphatic carbocycles. The molecule has 20 heavy (non-hydrogen) atoms. The molecule has 2 heterocycles. The van der Waals surface area contributed by atoms with Gasteiger partial charge >= 0.3 is 0 Å². The van der Waals surface area contributed by atoms with Crippen molar-refractivity contribution >= 4 is 17.0 Å². The van der Waals surface area contributed by atoms with E-state index in [9.17, 15) is 0 Å². The minimum Gasteiger partial charge on any atom is -0.363 e. The lowest BCUT2D eigenvalue weighted by Crippen LogP contribution is -2.25. The first-order valence-electron chi connectivity index (χ1n) is 7.32. The molecule has 1 aromatic heterocycles. The molecular weight excluding hydrogens is 264 g/mol. The van der Waals surface area contributed by atoms with Crippen LogP contribution in [0.1, 0.15) is 40.6 Å². The normalized spacial score (nSPS) is 19.1. The number of aryl methyl sites for hydroxylation is 1. The third-order valence-corrected chi connectivity index (χ3v) is 5.43. The monoisotopic (exact) mass is 286 g/mol. The zero-order valence-electron chi connectivity index (χ0n) is 12.2. The van der Waals surface area contributed by atoms with Gasteiger partial charge in [0.2, 0.25) is 0 Å². The molecule has 1 aliphatic heterocycles. The fourth-order valence-corrected chi connectivity index (χ4v) is 4.12. The first-order valence-corrected chi connectivity index (χ1v) is 8.14. The van der Waals surface area contributed by atoms with Crippen molar-refractivity contribution in [2.75, 3.05) is 18.0 Å². The number of nitrogens with two attached hydrogens (primary N) is 1. The molecule has 1 aromatic carbocycles. The molecule has 0 bridgehead atoms. The van der Waals surface area contributed by atoms with Crippen LogP contribution in [0, 0.1) is 6.92 Å². The van der Waals surface area contributed by atoms with Crippen molar-refractivity contribution in [2.45, 2.75) is 32.2 Å². The van der Waals surface area contributed by atoms with Gasteiger partial charge in [0.15, 0.2) is 0 Å². The zero-order chi connectivity index (χ0) is 14.1. The number of fused-ring (bicyclic) bond motifs is 1. The molecule has 2 N–H and O–H groups in total. The predicted octanol–water partition coefficient (Wildman–Crippen LogP) is 4.07. The minimum absolute atomic E-state index is 0.442. The van der Waals surface area contributed by atoms with E-state index in [1.54, 1.807) is 0 Å². The van der Waals surface area contributed by atoms with E-state index in [-0.39, 0.29) is 0 Å². The Balaban J connectivity index is 1.91. The number of benzene rings is 1. The molecule has 2 aromatic rings. The number of hydrogen-bond donors (Lipinski definition) is 1. The maximum atomic E-state index is 5.79. The van der Waals surface area contributed by atoms with Crippen LogP contribution in [0.4, 0.5) is 5.69 Å². The Hall–Kier alpha value is -1.32. The van der Waals surface area contributed by atoms with Gasteiger partial charge in [0, 0.05) is 27.9 Å². The molecule has 0 fully saturated rings. The van der Waals surface area contributed by atoms with Crippen LogP contribution in [0.5, 0.6) is 0 Å². The first-order chi connectivity index (χ1) is 9.70. The number of anilines is 1. The van der Waals surface area contributed by atoms with Gasteiger partial charge in [-0.2, -0.15) is 0 Å². The van der Waals surface area contributed by atoms with Crippen LogP contribution in [0.2, 0.25) is 0 Å². The molecule has 0 amide bonds. The van der Waals surface area contributed by atoms with Crippen molar-refractivity contribution in [1.29, 1.82) is 0 Å². The Labute approximate surface area is 125 Å². The van der Waals surface area contributed by atoms with Crippen molar-refractivity contribution < 1.29 is 0 Å². The van der Waals surface area contributed by atoms with Gasteiger partial charge in [0.05, 0.1) is 6.04 Å². The van der Waals surface area contributed by atoms with E-state index >= 15 is 0 Å². The van der Waals surface area contributed by atoms with Crippen LogP contribution in [0.25, 0.3) is 0 Å². The molecule has 0 radical (unpaired) electrons. The van der Waals surface area contributed by atoms with Crippen LogP contribution in [-0.4, -0.2) is 13.1 Å². The second kappa shape index (κ2) is 5.58. The van der Waals surface area contributed by atoms with Gasteiger partial charge < -0.3 is 10.6 Å². The Morgan fingerprint density at radius 3 is 2.80 bits per heavy atom. The number of hydrogen-bond acceptors (Lipinski definition) is 3. The second-order valence-corrected chi connectivity index (χ2v) is 6.93. The van der Waals surface area contributed by atoms with Gasteiger partial charge in [0.1, 0.15) is 0 Å². The van der Waals surface area contributed by atoms with Gasteiger partial charge in [-0.3, -0.25) is 0 Å². The van der Waals surface area contributed by atoms with Gasteiger partial charge in [-0.25, -0.2) is 0 Å². The summed E-state index contributed by atoms with van der Waals surface area (Å²) in [6, 6.07) is 13.7. The molecule has 3 heteroatoms. The molecule has 0 spiro atoms. The summed E-state index contributed by atoms with van der Waals surface area (Å²) in [6.07, 6.45) is 1.07. The lowest BCUT2D eigenvalue weighted by molar-refractivity contribution is 0.610. The Kier molecular flexibility index (Phi) is 3.81. The quantitative estimate of drug-likeness (QED) is 0.918. The zero-order valence-corrected chi connectivity index (χ0v) is 13.0. The van der Waals surface area contributed by atoms with Crippen LogP contribution < -0.4 is 10.6 Å². The second-order valence-electron chi connectivity index (χ2n) is 5.61. The van der Waals surface area contributed by atoms with E-state index in [2.05, 4.69) is 55.1 Å². The summed E-state index contributed by atoms with van der Waals surface area (Å²) < 4.78 is 0. The van der Waals surface area contributed by atoms with Crippen molar-refractivity contribution in [1.82, 2.24) is 0 Å². The smallest absolute Gasteiger partial charge is 0.0607 e. The molecule has 2 unspecified atom stereocenters. The summed E-state index contributed by atoms with van der Waals surface area (Å²) in [6.45, 7) is 6.34. The lowest BCUT2D eigenvalue weighted by atomic mass is 9.98. The summed E-state index contributed by atoms with van der Waals surface area (Å²) in [5, 5.41) is 0. The third kappa shape index (κ3) is 2.36. The van der Waals surface area contributed by atoms with E-state index < -0.39 is 0 Å². The summed E-state index contributed by atoms with van der Waals surface area (Å²) in [5.41, 5.74) is 8.65. The fraction of sp³-hybridized carbons (Fsp3) is 0.412. The number of rotatable bonds is 4.